The lowest BCUT2D eigenvalue weighted by molar-refractivity contribution is -0.115. The average Bonchev–Trinajstić information content (AvgIpc) is 2.31. The van der Waals surface area contributed by atoms with E-state index in [9.17, 15) is 4.79 Å². The first kappa shape index (κ1) is 12.1. The number of ketones is 1. The van der Waals surface area contributed by atoms with Crippen molar-refractivity contribution in [1.82, 2.24) is 0 Å². The summed E-state index contributed by atoms with van der Waals surface area (Å²) in [5.41, 5.74) is 3.43. The SMILES string of the molecule is Cc1ccc(/C=C2/CCCCCCC2=O)cc1. The van der Waals surface area contributed by atoms with Crippen LogP contribution in [0.2, 0.25) is 0 Å². The van der Waals surface area contributed by atoms with Gasteiger partial charge in [-0.3, -0.25) is 4.79 Å². The van der Waals surface area contributed by atoms with Crippen molar-refractivity contribution in [3.8, 4) is 0 Å². The number of carbonyl (C=O) groups excluding carboxylic acids is 1. The summed E-state index contributed by atoms with van der Waals surface area (Å²) in [6.45, 7) is 2.08. The summed E-state index contributed by atoms with van der Waals surface area (Å²) >= 11 is 0. The van der Waals surface area contributed by atoms with Gasteiger partial charge in [-0.05, 0) is 43.4 Å². The molecule has 0 unspecified atom stereocenters. The van der Waals surface area contributed by atoms with Crippen molar-refractivity contribution < 1.29 is 4.79 Å². The van der Waals surface area contributed by atoms with Crippen molar-refractivity contribution in [2.75, 3.05) is 0 Å². The van der Waals surface area contributed by atoms with E-state index in [-0.39, 0.29) is 0 Å². The van der Waals surface area contributed by atoms with Crippen molar-refractivity contribution in [3.05, 3.63) is 41.0 Å². The van der Waals surface area contributed by atoms with Gasteiger partial charge < -0.3 is 0 Å². The molecule has 0 aromatic heterocycles. The van der Waals surface area contributed by atoms with Crippen molar-refractivity contribution in [2.45, 2.75) is 45.4 Å². The molecule has 1 aliphatic rings. The summed E-state index contributed by atoms with van der Waals surface area (Å²) in [5.74, 6) is 0.352. The third-order valence-corrected chi connectivity index (χ3v) is 3.38. The Labute approximate surface area is 104 Å². The maximum atomic E-state index is 12.0. The molecule has 1 aromatic rings. The van der Waals surface area contributed by atoms with E-state index in [0.717, 1.165) is 36.8 Å². The van der Waals surface area contributed by atoms with E-state index >= 15 is 0 Å². The molecule has 1 saturated carbocycles. The van der Waals surface area contributed by atoms with Crippen molar-refractivity contribution >= 4 is 11.9 Å². The zero-order valence-corrected chi connectivity index (χ0v) is 10.5. The first-order valence-corrected chi connectivity index (χ1v) is 6.56. The molecule has 1 aromatic carbocycles. The van der Waals surface area contributed by atoms with E-state index in [0.29, 0.717) is 5.78 Å². The number of carbonyl (C=O) groups is 1. The Hall–Kier alpha value is -1.37. The van der Waals surface area contributed by atoms with Gasteiger partial charge in [-0.15, -0.1) is 0 Å². The molecule has 0 atom stereocenters. The number of benzene rings is 1. The summed E-state index contributed by atoms with van der Waals surface area (Å²) in [6.07, 6.45) is 8.45. The van der Waals surface area contributed by atoms with Crippen LogP contribution in [0.3, 0.4) is 0 Å². The predicted molar refractivity (Wildman–Crippen MR) is 71.9 cm³/mol. The first-order valence-electron chi connectivity index (χ1n) is 6.56. The van der Waals surface area contributed by atoms with E-state index in [4.69, 9.17) is 0 Å². The maximum absolute atomic E-state index is 12.0. The lowest BCUT2D eigenvalue weighted by atomic mass is 9.93. The maximum Gasteiger partial charge on any atom is 0.158 e. The topological polar surface area (TPSA) is 17.1 Å². The quantitative estimate of drug-likeness (QED) is 0.655. The van der Waals surface area contributed by atoms with Crippen LogP contribution in [0.15, 0.2) is 29.8 Å². The highest BCUT2D eigenvalue weighted by Gasteiger charge is 2.11. The van der Waals surface area contributed by atoms with Gasteiger partial charge in [0.15, 0.2) is 5.78 Å². The number of allylic oxidation sites excluding steroid dienone is 1. The summed E-state index contributed by atoms with van der Waals surface area (Å²) in [6, 6.07) is 8.38. The largest absolute Gasteiger partial charge is 0.295 e. The molecule has 90 valence electrons. The van der Waals surface area contributed by atoms with Gasteiger partial charge in [0.1, 0.15) is 0 Å². The van der Waals surface area contributed by atoms with Gasteiger partial charge in [-0.2, -0.15) is 0 Å². The summed E-state index contributed by atoms with van der Waals surface area (Å²) in [4.78, 5) is 12.0. The van der Waals surface area contributed by atoms with E-state index in [1.54, 1.807) is 0 Å². The van der Waals surface area contributed by atoms with Crippen LogP contribution in [-0.2, 0) is 4.79 Å². The average molecular weight is 228 g/mol. The Balaban J connectivity index is 2.17. The second kappa shape index (κ2) is 5.81. The van der Waals surface area contributed by atoms with Crippen molar-refractivity contribution in [3.63, 3.8) is 0 Å². The minimum Gasteiger partial charge on any atom is -0.295 e. The van der Waals surface area contributed by atoms with Crippen molar-refractivity contribution in [1.29, 1.82) is 0 Å². The molecule has 0 heterocycles. The zero-order chi connectivity index (χ0) is 12.1. The summed E-state index contributed by atoms with van der Waals surface area (Å²) in [7, 11) is 0. The van der Waals surface area contributed by atoms with E-state index in [2.05, 4.69) is 37.3 Å². The Morgan fingerprint density at radius 1 is 0.941 bits per heavy atom. The number of rotatable bonds is 1. The number of Topliss-reactive ketones (excluding diaryl/α,β-unsaturated/α-hetero) is 1. The third-order valence-electron chi connectivity index (χ3n) is 3.38. The summed E-state index contributed by atoms with van der Waals surface area (Å²) < 4.78 is 0. The van der Waals surface area contributed by atoms with Crippen molar-refractivity contribution in [2.24, 2.45) is 0 Å². The fraction of sp³-hybridized carbons (Fsp3) is 0.438. The van der Waals surface area contributed by atoms with Gasteiger partial charge >= 0.3 is 0 Å². The van der Waals surface area contributed by atoms with Crippen LogP contribution in [0.25, 0.3) is 6.08 Å². The highest BCUT2D eigenvalue weighted by molar-refractivity contribution is 5.99. The van der Waals surface area contributed by atoms with Crippen LogP contribution in [0.1, 0.15) is 49.7 Å². The molecule has 1 aliphatic carbocycles. The second-order valence-electron chi connectivity index (χ2n) is 4.92. The van der Waals surface area contributed by atoms with Crippen LogP contribution in [0.5, 0.6) is 0 Å². The molecule has 1 nitrogen and oxygen atoms in total. The molecule has 1 heteroatoms. The standard InChI is InChI=1S/C16H20O/c1-13-8-10-14(11-9-13)12-15-6-4-2-3-5-7-16(15)17/h8-12H,2-7H2,1H3/b15-12-. The molecule has 0 radical (unpaired) electrons. The Morgan fingerprint density at radius 3 is 2.29 bits per heavy atom. The van der Waals surface area contributed by atoms with E-state index in [1.807, 2.05) is 0 Å². The first-order chi connectivity index (χ1) is 8.25. The van der Waals surface area contributed by atoms with Crippen LogP contribution in [0.4, 0.5) is 0 Å². The van der Waals surface area contributed by atoms with Gasteiger partial charge in [-0.25, -0.2) is 0 Å². The monoisotopic (exact) mass is 228 g/mol. The van der Waals surface area contributed by atoms with Gasteiger partial charge in [0.2, 0.25) is 0 Å². The molecule has 0 saturated heterocycles. The Bertz CT molecular complexity index is 412. The van der Waals surface area contributed by atoms with Gasteiger partial charge in [0.25, 0.3) is 0 Å². The molecule has 0 N–H and O–H groups in total. The number of hydrogen-bond donors (Lipinski definition) is 0. The third kappa shape index (κ3) is 3.55. The minimum atomic E-state index is 0.352. The number of aryl methyl sites for hydroxylation is 1. The highest BCUT2D eigenvalue weighted by atomic mass is 16.1. The Morgan fingerprint density at radius 2 is 1.59 bits per heavy atom. The van der Waals surface area contributed by atoms with E-state index < -0.39 is 0 Å². The predicted octanol–water partition coefficient (Wildman–Crippen LogP) is 4.30. The molecule has 0 amide bonds. The Kier molecular flexibility index (Phi) is 4.13. The lowest BCUT2D eigenvalue weighted by Gasteiger charge is -2.11. The van der Waals surface area contributed by atoms with Crippen LogP contribution in [-0.4, -0.2) is 5.78 Å². The number of hydrogen-bond acceptors (Lipinski definition) is 1. The van der Waals surface area contributed by atoms with E-state index in [1.165, 1.54) is 18.4 Å². The molecule has 2 rings (SSSR count). The second-order valence-corrected chi connectivity index (χ2v) is 4.92. The molecule has 1 fully saturated rings. The zero-order valence-electron chi connectivity index (χ0n) is 10.5. The minimum absolute atomic E-state index is 0.352. The fourth-order valence-corrected chi connectivity index (χ4v) is 2.27. The van der Waals surface area contributed by atoms with Gasteiger partial charge in [0.05, 0.1) is 0 Å². The lowest BCUT2D eigenvalue weighted by Crippen LogP contribution is -2.05. The van der Waals surface area contributed by atoms with Crippen LogP contribution < -0.4 is 0 Å². The van der Waals surface area contributed by atoms with Gasteiger partial charge in [-0.1, -0.05) is 42.7 Å². The van der Waals surface area contributed by atoms with Crippen LogP contribution >= 0.6 is 0 Å². The fourth-order valence-electron chi connectivity index (χ4n) is 2.27. The normalized spacial score (nSPS) is 20.1. The summed E-state index contributed by atoms with van der Waals surface area (Å²) in [5, 5.41) is 0. The van der Waals surface area contributed by atoms with Crippen LogP contribution in [0, 0.1) is 6.92 Å². The molecule has 0 aliphatic heterocycles. The molecule has 17 heavy (non-hydrogen) atoms. The molecule has 0 bridgehead atoms. The highest BCUT2D eigenvalue weighted by Crippen LogP contribution is 2.21. The van der Waals surface area contributed by atoms with Gasteiger partial charge in [0, 0.05) is 6.42 Å². The molecular formula is C16H20O. The molecule has 0 spiro atoms. The molecular weight excluding hydrogens is 208 g/mol. The smallest absolute Gasteiger partial charge is 0.158 e.